The van der Waals surface area contributed by atoms with Crippen LogP contribution in [-0.2, 0) is 14.2 Å². The second-order valence-electron chi connectivity index (χ2n) is 4.26. The Balaban J connectivity index is 3.37. The van der Waals surface area contributed by atoms with E-state index in [0.29, 0.717) is 26.4 Å². The molecule has 0 saturated carbocycles. The quantitative estimate of drug-likeness (QED) is 0.491. The van der Waals surface area contributed by atoms with E-state index in [-0.39, 0.29) is 12.1 Å². The topological polar surface area (TPSA) is 60.0 Å². The van der Waals surface area contributed by atoms with E-state index in [1.54, 1.807) is 7.11 Å². The molecule has 0 rings (SSSR count). The highest BCUT2D eigenvalue weighted by atomic mass is 16.5. The zero-order valence-corrected chi connectivity index (χ0v) is 11.3. The summed E-state index contributed by atoms with van der Waals surface area (Å²) in [4.78, 5) is 0. The Morgan fingerprint density at radius 3 is 2.41 bits per heavy atom. The van der Waals surface area contributed by atoms with Gasteiger partial charge in [0.05, 0.1) is 32.0 Å². The van der Waals surface area contributed by atoms with Crippen LogP contribution in [0.4, 0.5) is 0 Å². The third-order valence-electron chi connectivity index (χ3n) is 2.38. The van der Waals surface area contributed by atoms with Crippen LogP contribution in [0.15, 0.2) is 0 Å². The first kappa shape index (κ1) is 16.8. The molecular weight excluding hydrogens is 222 g/mol. The second-order valence-corrected chi connectivity index (χ2v) is 4.26. The number of nitrogens with one attached hydrogen (secondary N) is 1. The van der Waals surface area contributed by atoms with Crippen LogP contribution in [0.5, 0.6) is 0 Å². The van der Waals surface area contributed by atoms with Crippen molar-refractivity contribution in [3.05, 3.63) is 0 Å². The summed E-state index contributed by atoms with van der Waals surface area (Å²) < 4.78 is 15.7. The van der Waals surface area contributed by atoms with Gasteiger partial charge in [-0.3, -0.25) is 0 Å². The highest BCUT2D eigenvalue weighted by molar-refractivity contribution is 4.81. The van der Waals surface area contributed by atoms with Gasteiger partial charge < -0.3 is 24.6 Å². The van der Waals surface area contributed by atoms with Gasteiger partial charge >= 0.3 is 0 Å². The van der Waals surface area contributed by atoms with Crippen LogP contribution >= 0.6 is 0 Å². The smallest absolute Gasteiger partial charge is 0.0701 e. The van der Waals surface area contributed by atoms with E-state index in [9.17, 15) is 5.11 Å². The number of aliphatic hydroxyl groups is 1. The molecule has 0 aromatic heterocycles. The van der Waals surface area contributed by atoms with Crippen LogP contribution in [0, 0.1) is 0 Å². The number of hydrogen-bond donors (Lipinski definition) is 2. The molecule has 0 aliphatic heterocycles. The molecule has 0 amide bonds. The minimum atomic E-state index is -0.356. The van der Waals surface area contributed by atoms with Gasteiger partial charge in [0.1, 0.15) is 0 Å². The summed E-state index contributed by atoms with van der Waals surface area (Å²) in [5.74, 6) is 0. The van der Waals surface area contributed by atoms with E-state index in [0.717, 1.165) is 19.6 Å². The van der Waals surface area contributed by atoms with E-state index in [2.05, 4.69) is 5.32 Å². The highest BCUT2D eigenvalue weighted by Gasteiger charge is 2.21. The van der Waals surface area contributed by atoms with Gasteiger partial charge in [-0.05, 0) is 19.9 Å². The lowest BCUT2D eigenvalue weighted by Gasteiger charge is -2.27. The molecule has 0 radical (unpaired) electrons. The Hall–Kier alpha value is -0.200. The SMILES string of the molecule is CCNC(C)(CO)COCCOCCCOC. The number of ether oxygens (including phenoxy) is 3. The van der Waals surface area contributed by atoms with Crippen LogP contribution in [0.1, 0.15) is 20.3 Å². The van der Waals surface area contributed by atoms with E-state index in [1.165, 1.54) is 0 Å². The predicted octanol–water partition coefficient (Wildman–Crippen LogP) is 0.417. The van der Waals surface area contributed by atoms with Crippen molar-refractivity contribution < 1.29 is 19.3 Å². The lowest BCUT2D eigenvalue weighted by atomic mass is 10.1. The molecule has 0 aliphatic rings. The lowest BCUT2D eigenvalue weighted by molar-refractivity contribution is 0.00593. The average molecular weight is 249 g/mol. The van der Waals surface area contributed by atoms with E-state index in [1.807, 2.05) is 13.8 Å². The molecule has 5 nitrogen and oxygen atoms in total. The summed E-state index contributed by atoms with van der Waals surface area (Å²) in [6, 6.07) is 0. The molecule has 0 aromatic carbocycles. The molecule has 5 heteroatoms. The maximum atomic E-state index is 9.23. The van der Waals surface area contributed by atoms with Gasteiger partial charge in [0, 0.05) is 20.3 Å². The summed E-state index contributed by atoms with van der Waals surface area (Å²) >= 11 is 0. The molecular formula is C12H27NO4. The van der Waals surface area contributed by atoms with Crippen molar-refractivity contribution in [1.29, 1.82) is 0 Å². The molecule has 0 bridgehead atoms. The first-order valence-corrected chi connectivity index (χ1v) is 6.19. The number of likely N-dealkylation sites (N-methyl/N-ethyl adjacent to an activating group) is 1. The largest absolute Gasteiger partial charge is 0.394 e. The monoisotopic (exact) mass is 249 g/mol. The molecule has 17 heavy (non-hydrogen) atoms. The van der Waals surface area contributed by atoms with Crippen LogP contribution in [-0.4, -0.2) is 63.9 Å². The van der Waals surface area contributed by atoms with Crippen molar-refractivity contribution in [3.8, 4) is 0 Å². The van der Waals surface area contributed by atoms with Crippen LogP contribution in [0.25, 0.3) is 0 Å². The fourth-order valence-electron chi connectivity index (χ4n) is 1.40. The lowest BCUT2D eigenvalue weighted by Crippen LogP contribution is -2.49. The highest BCUT2D eigenvalue weighted by Crippen LogP contribution is 2.02. The van der Waals surface area contributed by atoms with Crippen LogP contribution in [0.2, 0.25) is 0 Å². The Labute approximate surface area is 104 Å². The fraction of sp³-hybridized carbons (Fsp3) is 1.00. The first-order chi connectivity index (χ1) is 8.18. The van der Waals surface area contributed by atoms with Gasteiger partial charge in [0.15, 0.2) is 0 Å². The Bertz CT molecular complexity index is 169. The van der Waals surface area contributed by atoms with Crippen molar-refractivity contribution in [1.82, 2.24) is 5.32 Å². The molecule has 1 unspecified atom stereocenters. The minimum Gasteiger partial charge on any atom is -0.394 e. The standard InChI is InChI=1S/C12H27NO4/c1-4-13-12(2,10-14)11-17-9-8-16-7-5-6-15-3/h13-14H,4-11H2,1-3H3. The number of methoxy groups -OCH3 is 1. The van der Waals surface area contributed by atoms with Gasteiger partial charge in [-0.2, -0.15) is 0 Å². The molecule has 0 spiro atoms. The summed E-state index contributed by atoms with van der Waals surface area (Å²) in [7, 11) is 1.68. The number of rotatable bonds is 12. The fourth-order valence-corrected chi connectivity index (χ4v) is 1.40. The van der Waals surface area contributed by atoms with Gasteiger partial charge in [0.25, 0.3) is 0 Å². The number of hydrogen-bond acceptors (Lipinski definition) is 5. The molecule has 0 heterocycles. The Morgan fingerprint density at radius 2 is 1.82 bits per heavy atom. The number of aliphatic hydroxyl groups excluding tert-OH is 1. The van der Waals surface area contributed by atoms with Gasteiger partial charge in [0.2, 0.25) is 0 Å². The molecule has 0 saturated heterocycles. The van der Waals surface area contributed by atoms with E-state index < -0.39 is 0 Å². The first-order valence-electron chi connectivity index (χ1n) is 6.19. The Morgan fingerprint density at radius 1 is 1.12 bits per heavy atom. The van der Waals surface area contributed by atoms with Crippen molar-refractivity contribution in [2.75, 3.05) is 53.3 Å². The third-order valence-corrected chi connectivity index (χ3v) is 2.38. The van der Waals surface area contributed by atoms with Gasteiger partial charge in [-0.25, -0.2) is 0 Å². The van der Waals surface area contributed by atoms with E-state index >= 15 is 0 Å². The molecule has 0 aromatic rings. The predicted molar refractivity (Wildman–Crippen MR) is 67.3 cm³/mol. The van der Waals surface area contributed by atoms with E-state index in [4.69, 9.17) is 14.2 Å². The second kappa shape index (κ2) is 10.9. The molecule has 2 N–H and O–H groups in total. The molecule has 1 atom stereocenters. The summed E-state index contributed by atoms with van der Waals surface area (Å²) in [6.07, 6.45) is 0.905. The van der Waals surface area contributed by atoms with Crippen LogP contribution < -0.4 is 5.32 Å². The molecule has 0 aliphatic carbocycles. The maximum absolute atomic E-state index is 9.23. The van der Waals surface area contributed by atoms with Gasteiger partial charge in [-0.15, -0.1) is 0 Å². The maximum Gasteiger partial charge on any atom is 0.0701 e. The normalized spacial score (nSPS) is 14.8. The Kier molecular flexibility index (Phi) is 10.8. The zero-order valence-electron chi connectivity index (χ0n) is 11.3. The third kappa shape index (κ3) is 9.50. The average Bonchev–Trinajstić information content (AvgIpc) is 2.33. The van der Waals surface area contributed by atoms with Crippen LogP contribution in [0.3, 0.4) is 0 Å². The van der Waals surface area contributed by atoms with Crippen molar-refractivity contribution in [2.24, 2.45) is 0 Å². The summed E-state index contributed by atoms with van der Waals surface area (Å²) in [6.45, 7) is 7.86. The van der Waals surface area contributed by atoms with Crippen molar-refractivity contribution in [2.45, 2.75) is 25.8 Å². The van der Waals surface area contributed by atoms with Gasteiger partial charge in [-0.1, -0.05) is 6.92 Å². The molecule has 0 fully saturated rings. The summed E-state index contributed by atoms with van der Waals surface area (Å²) in [5.41, 5.74) is -0.356. The van der Waals surface area contributed by atoms with Crippen molar-refractivity contribution >= 4 is 0 Å². The molecule has 104 valence electrons. The van der Waals surface area contributed by atoms with Crippen molar-refractivity contribution in [3.63, 3.8) is 0 Å². The zero-order chi connectivity index (χ0) is 13.0. The summed E-state index contributed by atoms with van der Waals surface area (Å²) in [5, 5.41) is 12.4. The minimum absolute atomic E-state index is 0.0650.